The lowest BCUT2D eigenvalue weighted by molar-refractivity contribution is 0.476. The van der Waals surface area contributed by atoms with E-state index in [1.807, 2.05) is 12.1 Å². The van der Waals surface area contributed by atoms with Crippen molar-refractivity contribution in [1.82, 2.24) is 0 Å². The fourth-order valence-electron chi connectivity index (χ4n) is 1.70. The third-order valence-electron chi connectivity index (χ3n) is 2.58. The zero-order chi connectivity index (χ0) is 13.8. The Hall–Kier alpha value is -0.930. The van der Waals surface area contributed by atoms with Crippen LogP contribution in [-0.4, -0.2) is 6.54 Å². The zero-order valence-electron chi connectivity index (χ0n) is 10.00. The minimum atomic E-state index is 0.489. The van der Waals surface area contributed by atoms with Crippen LogP contribution in [0.3, 0.4) is 0 Å². The molecule has 19 heavy (non-hydrogen) atoms. The van der Waals surface area contributed by atoms with Gasteiger partial charge < -0.3 is 10.5 Å². The largest absolute Gasteiger partial charge is 0.455 e. The topological polar surface area (TPSA) is 35.2 Å². The van der Waals surface area contributed by atoms with Crippen molar-refractivity contribution in [1.29, 1.82) is 0 Å². The average molecular weight is 317 g/mol. The Balaban J connectivity index is 2.37. The molecule has 0 fully saturated rings. The molecule has 0 aliphatic carbocycles. The van der Waals surface area contributed by atoms with Crippen LogP contribution < -0.4 is 10.5 Å². The Kier molecular flexibility index (Phi) is 4.94. The van der Waals surface area contributed by atoms with Crippen molar-refractivity contribution in [3.05, 3.63) is 57.0 Å². The van der Waals surface area contributed by atoms with Gasteiger partial charge in [-0.2, -0.15) is 0 Å². The Morgan fingerprint density at radius 2 is 1.74 bits per heavy atom. The molecular formula is C14H12Cl3NO. The highest BCUT2D eigenvalue weighted by atomic mass is 35.5. The first-order valence-corrected chi connectivity index (χ1v) is 6.85. The molecule has 2 N–H and O–H groups in total. The second-order valence-electron chi connectivity index (χ2n) is 3.93. The molecule has 0 radical (unpaired) electrons. The number of benzene rings is 2. The SMILES string of the molecule is NCCc1c(Cl)cccc1Oc1cc(Cl)ccc1Cl. The Morgan fingerprint density at radius 1 is 0.947 bits per heavy atom. The van der Waals surface area contributed by atoms with Gasteiger partial charge in [-0.1, -0.05) is 40.9 Å². The van der Waals surface area contributed by atoms with E-state index in [1.54, 1.807) is 24.3 Å². The molecule has 5 heteroatoms. The molecule has 0 aromatic heterocycles. The predicted octanol–water partition coefficient (Wildman–Crippen LogP) is 4.94. The normalized spacial score (nSPS) is 10.5. The van der Waals surface area contributed by atoms with Gasteiger partial charge in [-0.05, 0) is 37.2 Å². The van der Waals surface area contributed by atoms with Gasteiger partial charge in [-0.3, -0.25) is 0 Å². The van der Waals surface area contributed by atoms with Gasteiger partial charge in [-0.25, -0.2) is 0 Å². The monoisotopic (exact) mass is 315 g/mol. The summed E-state index contributed by atoms with van der Waals surface area (Å²) in [6.45, 7) is 0.489. The Labute approximate surface area is 127 Å². The first-order valence-electron chi connectivity index (χ1n) is 5.72. The molecule has 0 spiro atoms. The lowest BCUT2D eigenvalue weighted by Gasteiger charge is -2.13. The van der Waals surface area contributed by atoms with Crippen molar-refractivity contribution in [2.75, 3.05) is 6.54 Å². The molecule has 2 rings (SSSR count). The lowest BCUT2D eigenvalue weighted by atomic mass is 10.1. The molecule has 0 bridgehead atoms. The minimum absolute atomic E-state index is 0.489. The molecule has 0 aliphatic rings. The van der Waals surface area contributed by atoms with E-state index in [-0.39, 0.29) is 0 Å². The van der Waals surface area contributed by atoms with Gasteiger partial charge in [0, 0.05) is 21.7 Å². The van der Waals surface area contributed by atoms with Crippen molar-refractivity contribution in [3.63, 3.8) is 0 Å². The maximum Gasteiger partial charge on any atom is 0.147 e. The van der Waals surface area contributed by atoms with Crippen molar-refractivity contribution >= 4 is 34.8 Å². The van der Waals surface area contributed by atoms with E-state index in [0.717, 1.165) is 5.56 Å². The summed E-state index contributed by atoms with van der Waals surface area (Å²) in [5, 5.41) is 1.67. The summed E-state index contributed by atoms with van der Waals surface area (Å²) in [6, 6.07) is 10.5. The van der Waals surface area contributed by atoms with E-state index in [4.69, 9.17) is 45.3 Å². The minimum Gasteiger partial charge on any atom is -0.455 e. The second-order valence-corrected chi connectivity index (χ2v) is 5.18. The average Bonchev–Trinajstić information content (AvgIpc) is 2.38. The summed E-state index contributed by atoms with van der Waals surface area (Å²) in [5.74, 6) is 1.14. The fraction of sp³-hybridized carbons (Fsp3) is 0.143. The second kappa shape index (κ2) is 6.49. The first-order chi connectivity index (χ1) is 9.11. The first kappa shape index (κ1) is 14.5. The summed E-state index contributed by atoms with van der Waals surface area (Å²) in [4.78, 5) is 0. The molecule has 0 saturated carbocycles. The van der Waals surface area contributed by atoms with Gasteiger partial charge in [0.15, 0.2) is 0 Å². The van der Waals surface area contributed by atoms with E-state index in [9.17, 15) is 0 Å². The molecule has 2 nitrogen and oxygen atoms in total. The maximum absolute atomic E-state index is 6.15. The molecule has 0 saturated heterocycles. The summed E-state index contributed by atoms with van der Waals surface area (Å²) in [5.41, 5.74) is 6.45. The van der Waals surface area contributed by atoms with E-state index in [2.05, 4.69) is 0 Å². The van der Waals surface area contributed by atoms with E-state index in [1.165, 1.54) is 0 Å². The standard InChI is InChI=1S/C14H12Cl3NO/c15-9-4-5-12(17)14(8-9)19-13-3-1-2-11(16)10(13)6-7-18/h1-5,8H,6-7,18H2. The van der Waals surface area contributed by atoms with Crippen LogP contribution in [0, 0.1) is 0 Å². The predicted molar refractivity (Wildman–Crippen MR) is 80.7 cm³/mol. The molecule has 100 valence electrons. The Morgan fingerprint density at radius 3 is 2.47 bits per heavy atom. The maximum atomic E-state index is 6.15. The Bertz CT molecular complexity index is 587. The number of hydrogen-bond acceptors (Lipinski definition) is 2. The fourth-order valence-corrected chi connectivity index (χ4v) is 2.27. The van der Waals surface area contributed by atoms with E-state index in [0.29, 0.717) is 39.5 Å². The quantitative estimate of drug-likeness (QED) is 0.867. The van der Waals surface area contributed by atoms with Crippen LogP contribution in [0.4, 0.5) is 0 Å². The van der Waals surface area contributed by atoms with Crippen LogP contribution in [0.15, 0.2) is 36.4 Å². The number of halogens is 3. The summed E-state index contributed by atoms with van der Waals surface area (Å²) >= 11 is 18.2. The molecule has 0 atom stereocenters. The third kappa shape index (κ3) is 3.54. The van der Waals surface area contributed by atoms with E-state index >= 15 is 0 Å². The van der Waals surface area contributed by atoms with Crippen LogP contribution in [0.5, 0.6) is 11.5 Å². The van der Waals surface area contributed by atoms with E-state index < -0.39 is 0 Å². The number of nitrogens with two attached hydrogens (primary N) is 1. The van der Waals surface area contributed by atoms with Gasteiger partial charge in [-0.15, -0.1) is 0 Å². The highest BCUT2D eigenvalue weighted by Gasteiger charge is 2.10. The highest BCUT2D eigenvalue weighted by Crippen LogP contribution is 2.35. The molecular weight excluding hydrogens is 305 g/mol. The van der Waals surface area contributed by atoms with Gasteiger partial charge in [0.2, 0.25) is 0 Å². The van der Waals surface area contributed by atoms with Crippen LogP contribution in [0.25, 0.3) is 0 Å². The number of hydrogen-bond donors (Lipinski definition) is 1. The zero-order valence-corrected chi connectivity index (χ0v) is 12.3. The molecule has 0 aliphatic heterocycles. The van der Waals surface area contributed by atoms with Gasteiger partial charge in [0.25, 0.3) is 0 Å². The van der Waals surface area contributed by atoms with Gasteiger partial charge >= 0.3 is 0 Å². The molecule has 0 unspecified atom stereocenters. The molecule has 0 heterocycles. The van der Waals surface area contributed by atoms with Crippen molar-refractivity contribution in [3.8, 4) is 11.5 Å². The number of rotatable bonds is 4. The van der Waals surface area contributed by atoms with Gasteiger partial charge in [0.1, 0.15) is 11.5 Å². The molecule has 0 amide bonds. The van der Waals surface area contributed by atoms with Crippen LogP contribution in [0.2, 0.25) is 15.1 Å². The molecule has 2 aromatic rings. The number of ether oxygens (including phenoxy) is 1. The van der Waals surface area contributed by atoms with Crippen LogP contribution in [0.1, 0.15) is 5.56 Å². The highest BCUT2D eigenvalue weighted by molar-refractivity contribution is 6.34. The third-order valence-corrected chi connectivity index (χ3v) is 3.48. The summed E-state index contributed by atoms with van der Waals surface area (Å²) in [7, 11) is 0. The summed E-state index contributed by atoms with van der Waals surface area (Å²) in [6.07, 6.45) is 0.632. The van der Waals surface area contributed by atoms with Crippen molar-refractivity contribution in [2.24, 2.45) is 5.73 Å². The van der Waals surface area contributed by atoms with Crippen molar-refractivity contribution in [2.45, 2.75) is 6.42 Å². The lowest BCUT2D eigenvalue weighted by Crippen LogP contribution is -2.04. The van der Waals surface area contributed by atoms with Gasteiger partial charge in [0.05, 0.1) is 5.02 Å². The van der Waals surface area contributed by atoms with Crippen molar-refractivity contribution < 1.29 is 4.74 Å². The van der Waals surface area contributed by atoms with Crippen LogP contribution >= 0.6 is 34.8 Å². The summed E-state index contributed by atoms with van der Waals surface area (Å²) < 4.78 is 5.80. The smallest absolute Gasteiger partial charge is 0.147 e. The molecule has 2 aromatic carbocycles. The van der Waals surface area contributed by atoms with Crippen LogP contribution in [-0.2, 0) is 6.42 Å².